The SMILES string of the molecule is C=CCOc1ccccc1NC(=O)COc1c(C)cc(Br)cc1Br. The number of carbonyl (C=O) groups excluding carboxylic acids is 1. The molecular formula is C18H17Br2NO3. The Morgan fingerprint density at radius 3 is 2.71 bits per heavy atom. The van der Waals surface area contributed by atoms with E-state index in [-0.39, 0.29) is 12.5 Å². The van der Waals surface area contributed by atoms with Gasteiger partial charge in [-0.05, 0) is 52.7 Å². The van der Waals surface area contributed by atoms with Crippen LogP contribution in [0.25, 0.3) is 0 Å². The van der Waals surface area contributed by atoms with Gasteiger partial charge in [-0.25, -0.2) is 0 Å². The smallest absolute Gasteiger partial charge is 0.262 e. The van der Waals surface area contributed by atoms with Gasteiger partial charge in [0.25, 0.3) is 5.91 Å². The summed E-state index contributed by atoms with van der Waals surface area (Å²) in [6.45, 7) is 5.80. The molecule has 2 aromatic rings. The number of amides is 1. The second kappa shape index (κ2) is 8.89. The minimum absolute atomic E-state index is 0.100. The van der Waals surface area contributed by atoms with Crippen LogP contribution in [0.4, 0.5) is 5.69 Å². The van der Waals surface area contributed by atoms with Gasteiger partial charge in [-0.1, -0.05) is 40.7 Å². The highest BCUT2D eigenvalue weighted by atomic mass is 79.9. The zero-order chi connectivity index (χ0) is 17.5. The summed E-state index contributed by atoms with van der Waals surface area (Å²) in [6, 6.07) is 11.0. The van der Waals surface area contributed by atoms with Crippen molar-refractivity contribution in [2.75, 3.05) is 18.5 Å². The number of aryl methyl sites for hydroxylation is 1. The van der Waals surface area contributed by atoms with E-state index in [9.17, 15) is 4.79 Å². The molecule has 0 aliphatic rings. The molecule has 24 heavy (non-hydrogen) atoms. The number of hydrogen-bond acceptors (Lipinski definition) is 3. The number of nitrogens with one attached hydrogen (secondary N) is 1. The molecule has 0 unspecified atom stereocenters. The van der Waals surface area contributed by atoms with Gasteiger partial charge < -0.3 is 14.8 Å². The Morgan fingerprint density at radius 2 is 2.00 bits per heavy atom. The van der Waals surface area contributed by atoms with E-state index in [4.69, 9.17) is 9.47 Å². The standard InChI is InChI=1S/C18H17Br2NO3/c1-3-8-23-16-7-5-4-6-15(16)21-17(22)11-24-18-12(2)9-13(19)10-14(18)20/h3-7,9-10H,1,8,11H2,2H3,(H,21,22). The number of anilines is 1. The third kappa shape index (κ3) is 5.11. The van der Waals surface area contributed by atoms with Crippen LogP contribution in [0, 0.1) is 6.92 Å². The van der Waals surface area contributed by atoms with Gasteiger partial charge in [0.05, 0.1) is 10.2 Å². The molecule has 0 saturated carbocycles. The fourth-order valence-electron chi connectivity index (χ4n) is 2.04. The topological polar surface area (TPSA) is 47.6 Å². The molecule has 0 saturated heterocycles. The van der Waals surface area contributed by atoms with Crippen molar-refractivity contribution in [1.82, 2.24) is 0 Å². The molecule has 0 atom stereocenters. The Labute approximate surface area is 158 Å². The minimum Gasteiger partial charge on any atom is -0.487 e. The summed E-state index contributed by atoms with van der Waals surface area (Å²) < 4.78 is 12.9. The molecular weight excluding hydrogens is 438 g/mol. The molecule has 0 aliphatic heterocycles. The molecule has 1 amide bonds. The van der Waals surface area contributed by atoms with Gasteiger partial charge in [-0.3, -0.25) is 4.79 Å². The van der Waals surface area contributed by atoms with E-state index in [1.54, 1.807) is 18.2 Å². The van der Waals surface area contributed by atoms with Crippen molar-refractivity contribution in [2.24, 2.45) is 0 Å². The first-order valence-corrected chi connectivity index (χ1v) is 8.81. The normalized spacial score (nSPS) is 10.1. The Balaban J connectivity index is 2.01. The van der Waals surface area contributed by atoms with Crippen molar-refractivity contribution < 1.29 is 14.3 Å². The highest BCUT2D eigenvalue weighted by Crippen LogP contribution is 2.32. The van der Waals surface area contributed by atoms with Crippen LogP contribution >= 0.6 is 31.9 Å². The van der Waals surface area contributed by atoms with Crippen LogP contribution < -0.4 is 14.8 Å². The van der Waals surface area contributed by atoms with Crippen LogP contribution in [0.3, 0.4) is 0 Å². The van der Waals surface area contributed by atoms with Gasteiger partial charge in [0.1, 0.15) is 18.1 Å². The molecule has 0 spiro atoms. The van der Waals surface area contributed by atoms with E-state index in [0.29, 0.717) is 23.8 Å². The van der Waals surface area contributed by atoms with Gasteiger partial charge in [0.2, 0.25) is 0 Å². The molecule has 0 heterocycles. The lowest BCUT2D eigenvalue weighted by molar-refractivity contribution is -0.118. The molecule has 0 aromatic heterocycles. The number of carbonyl (C=O) groups is 1. The first kappa shape index (κ1) is 18.5. The zero-order valence-electron chi connectivity index (χ0n) is 13.1. The minimum atomic E-state index is -0.265. The van der Waals surface area contributed by atoms with E-state index in [2.05, 4.69) is 43.8 Å². The van der Waals surface area contributed by atoms with Crippen LogP contribution in [-0.2, 0) is 4.79 Å². The van der Waals surface area contributed by atoms with Crippen LogP contribution in [0.5, 0.6) is 11.5 Å². The Bertz CT molecular complexity index is 724. The number of ether oxygens (including phenoxy) is 2. The second-order valence-electron chi connectivity index (χ2n) is 4.97. The lowest BCUT2D eigenvalue weighted by Crippen LogP contribution is -2.21. The fraction of sp³-hybridized carbons (Fsp3) is 0.167. The van der Waals surface area contributed by atoms with Crippen molar-refractivity contribution >= 4 is 43.5 Å². The Hall–Kier alpha value is -1.79. The third-order valence-corrected chi connectivity index (χ3v) is 4.11. The maximum atomic E-state index is 12.2. The predicted octanol–water partition coefficient (Wildman–Crippen LogP) is 5.10. The third-order valence-electron chi connectivity index (χ3n) is 3.06. The van der Waals surface area contributed by atoms with Crippen molar-refractivity contribution in [1.29, 1.82) is 0 Å². The monoisotopic (exact) mass is 453 g/mol. The summed E-state index contributed by atoms with van der Waals surface area (Å²) in [5.74, 6) is 0.968. The fourth-order valence-corrected chi connectivity index (χ4v) is 3.59. The van der Waals surface area contributed by atoms with Crippen LogP contribution in [0.2, 0.25) is 0 Å². The largest absolute Gasteiger partial charge is 0.487 e. The molecule has 1 N–H and O–H groups in total. The molecule has 126 valence electrons. The van der Waals surface area contributed by atoms with Gasteiger partial charge in [-0.2, -0.15) is 0 Å². The summed E-state index contributed by atoms with van der Waals surface area (Å²) in [4.78, 5) is 12.2. The summed E-state index contributed by atoms with van der Waals surface area (Å²) in [6.07, 6.45) is 1.65. The van der Waals surface area contributed by atoms with Crippen LogP contribution in [0.15, 0.2) is 58.0 Å². The molecule has 0 radical (unpaired) electrons. The average molecular weight is 455 g/mol. The van der Waals surface area contributed by atoms with Gasteiger partial charge in [-0.15, -0.1) is 0 Å². The van der Waals surface area contributed by atoms with E-state index < -0.39 is 0 Å². The van der Waals surface area contributed by atoms with Crippen molar-refractivity contribution in [2.45, 2.75) is 6.92 Å². The Morgan fingerprint density at radius 1 is 1.25 bits per heavy atom. The predicted molar refractivity (Wildman–Crippen MR) is 103 cm³/mol. The maximum Gasteiger partial charge on any atom is 0.262 e. The van der Waals surface area contributed by atoms with E-state index in [1.807, 2.05) is 31.2 Å². The van der Waals surface area contributed by atoms with Crippen LogP contribution in [0.1, 0.15) is 5.56 Å². The Kier molecular flexibility index (Phi) is 6.87. The first-order chi connectivity index (χ1) is 11.5. The molecule has 0 aliphatic carbocycles. The highest BCUT2D eigenvalue weighted by Gasteiger charge is 2.11. The lowest BCUT2D eigenvalue weighted by Gasteiger charge is -2.13. The lowest BCUT2D eigenvalue weighted by atomic mass is 10.2. The molecule has 4 nitrogen and oxygen atoms in total. The van der Waals surface area contributed by atoms with E-state index >= 15 is 0 Å². The molecule has 2 rings (SSSR count). The quantitative estimate of drug-likeness (QED) is 0.592. The maximum absolute atomic E-state index is 12.2. The van der Waals surface area contributed by atoms with Gasteiger partial charge in [0.15, 0.2) is 6.61 Å². The van der Waals surface area contributed by atoms with Gasteiger partial charge in [0, 0.05) is 4.47 Å². The number of para-hydroxylation sites is 2. The summed E-state index contributed by atoms with van der Waals surface area (Å²) >= 11 is 6.85. The number of benzene rings is 2. The first-order valence-electron chi connectivity index (χ1n) is 7.22. The number of halogens is 2. The van der Waals surface area contributed by atoms with Crippen molar-refractivity contribution in [3.05, 3.63) is 63.6 Å². The molecule has 2 aromatic carbocycles. The van der Waals surface area contributed by atoms with E-state index in [1.165, 1.54) is 0 Å². The molecule has 6 heteroatoms. The summed E-state index contributed by atoms with van der Waals surface area (Å²) in [5.41, 5.74) is 1.53. The van der Waals surface area contributed by atoms with E-state index in [0.717, 1.165) is 14.5 Å². The number of rotatable bonds is 7. The average Bonchev–Trinajstić information content (AvgIpc) is 2.53. The zero-order valence-corrected chi connectivity index (χ0v) is 16.3. The summed E-state index contributed by atoms with van der Waals surface area (Å²) in [7, 11) is 0. The summed E-state index contributed by atoms with van der Waals surface area (Å²) in [5, 5.41) is 2.79. The second-order valence-corrected chi connectivity index (χ2v) is 6.74. The molecule has 0 fully saturated rings. The highest BCUT2D eigenvalue weighted by molar-refractivity contribution is 9.11. The van der Waals surface area contributed by atoms with Crippen molar-refractivity contribution in [3.8, 4) is 11.5 Å². The van der Waals surface area contributed by atoms with Gasteiger partial charge >= 0.3 is 0 Å². The van der Waals surface area contributed by atoms with Crippen molar-refractivity contribution in [3.63, 3.8) is 0 Å². The van der Waals surface area contributed by atoms with Crippen LogP contribution in [-0.4, -0.2) is 19.1 Å². The molecule has 0 bridgehead atoms. The number of hydrogen-bond donors (Lipinski definition) is 1.